The first-order valence-corrected chi connectivity index (χ1v) is 11.0. The number of hydrogen-bond acceptors (Lipinski definition) is 5. The number of carbonyl (C=O) groups is 1. The van der Waals surface area contributed by atoms with Gasteiger partial charge in [-0.15, -0.1) is 22.7 Å². The lowest BCUT2D eigenvalue weighted by Gasteiger charge is -2.21. The van der Waals surface area contributed by atoms with Crippen LogP contribution in [0.1, 0.15) is 28.0 Å². The summed E-state index contributed by atoms with van der Waals surface area (Å²) in [6.45, 7) is 6.37. The Balaban J connectivity index is 1.37. The first-order valence-electron chi connectivity index (χ1n) is 9.25. The Bertz CT molecular complexity index is 904. The molecule has 4 nitrogen and oxygen atoms in total. The molecule has 1 amide bonds. The quantitative estimate of drug-likeness (QED) is 0.649. The summed E-state index contributed by atoms with van der Waals surface area (Å²) in [7, 11) is 0. The molecule has 6 heteroatoms. The third-order valence-corrected chi connectivity index (χ3v) is 6.74. The van der Waals surface area contributed by atoms with E-state index in [2.05, 4.69) is 27.8 Å². The Morgan fingerprint density at radius 3 is 2.85 bits per heavy atom. The van der Waals surface area contributed by atoms with Crippen LogP contribution >= 0.6 is 22.7 Å². The number of hydrogen-bond donors (Lipinski definition) is 0. The van der Waals surface area contributed by atoms with Crippen LogP contribution in [0.3, 0.4) is 0 Å². The lowest BCUT2D eigenvalue weighted by Crippen LogP contribution is -2.35. The average molecular weight is 398 g/mol. The van der Waals surface area contributed by atoms with Gasteiger partial charge in [-0.3, -0.25) is 9.69 Å². The van der Waals surface area contributed by atoms with E-state index in [-0.39, 0.29) is 5.91 Å². The number of nitrogens with zero attached hydrogens (tertiary/aromatic N) is 3. The van der Waals surface area contributed by atoms with Crippen molar-refractivity contribution in [1.29, 1.82) is 0 Å². The highest BCUT2D eigenvalue weighted by molar-refractivity contribution is 7.20. The van der Waals surface area contributed by atoms with Crippen LogP contribution < -0.4 is 0 Å². The van der Waals surface area contributed by atoms with Gasteiger partial charge in [-0.1, -0.05) is 23.8 Å². The molecule has 140 valence electrons. The summed E-state index contributed by atoms with van der Waals surface area (Å²) in [6.07, 6.45) is 0.999. The molecule has 0 unspecified atom stereocenters. The summed E-state index contributed by atoms with van der Waals surface area (Å²) in [5, 5.41) is 5.35. The van der Waals surface area contributed by atoms with Gasteiger partial charge in [0.25, 0.3) is 5.91 Å². The Kier molecular flexibility index (Phi) is 5.66. The van der Waals surface area contributed by atoms with Gasteiger partial charge in [-0.2, -0.15) is 0 Å². The number of thiophene rings is 1. The van der Waals surface area contributed by atoms with Gasteiger partial charge in [0.1, 0.15) is 5.01 Å². The van der Waals surface area contributed by atoms with E-state index in [9.17, 15) is 4.79 Å². The highest BCUT2D eigenvalue weighted by Crippen LogP contribution is 2.28. The zero-order valence-electron chi connectivity index (χ0n) is 15.4. The van der Waals surface area contributed by atoms with Crippen molar-refractivity contribution in [3.05, 3.63) is 64.0 Å². The number of carbonyl (C=O) groups excluding carboxylic acids is 1. The second kappa shape index (κ2) is 8.33. The Labute approximate surface area is 168 Å². The molecular formula is C21H23N3OS2. The highest BCUT2D eigenvalue weighted by Gasteiger charge is 2.21. The third-order valence-electron chi connectivity index (χ3n) is 4.81. The van der Waals surface area contributed by atoms with Crippen LogP contribution in [0, 0.1) is 6.92 Å². The molecule has 3 heterocycles. The molecular weight excluding hydrogens is 374 g/mol. The van der Waals surface area contributed by atoms with E-state index in [0.29, 0.717) is 0 Å². The lowest BCUT2D eigenvalue weighted by atomic mass is 10.1. The fraction of sp³-hybridized carbons (Fsp3) is 0.333. The van der Waals surface area contributed by atoms with E-state index in [4.69, 9.17) is 4.98 Å². The van der Waals surface area contributed by atoms with Crippen LogP contribution in [-0.2, 0) is 6.54 Å². The monoisotopic (exact) mass is 397 g/mol. The zero-order chi connectivity index (χ0) is 18.6. The van der Waals surface area contributed by atoms with Crippen LogP contribution in [0.25, 0.3) is 9.88 Å². The van der Waals surface area contributed by atoms with Gasteiger partial charge in [-0.05, 0) is 36.9 Å². The first kappa shape index (κ1) is 18.3. The second-order valence-electron chi connectivity index (χ2n) is 6.91. The van der Waals surface area contributed by atoms with E-state index < -0.39 is 0 Å². The molecule has 1 aliphatic rings. The summed E-state index contributed by atoms with van der Waals surface area (Å²) in [4.78, 5) is 23.2. The molecule has 27 heavy (non-hydrogen) atoms. The Morgan fingerprint density at radius 2 is 2.04 bits per heavy atom. The van der Waals surface area contributed by atoms with Gasteiger partial charge in [0, 0.05) is 43.7 Å². The Hall–Kier alpha value is -2.02. The molecule has 2 aromatic heterocycles. The number of aryl methyl sites for hydroxylation is 1. The minimum absolute atomic E-state index is 0.147. The molecule has 1 saturated heterocycles. The molecule has 0 aliphatic carbocycles. The summed E-state index contributed by atoms with van der Waals surface area (Å²) >= 11 is 3.44. The van der Waals surface area contributed by atoms with Crippen molar-refractivity contribution in [3.8, 4) is 9.88 Å². The normalized spacial score (nSPS) is 15.7. The number of amides is 1. The summed E-state index contributed by atoms with van der Waals surface area (Å²) in [5.74, 6) is 0.147. The molecule has 0 saturated carbocycles. The zero-order valence-corrected chi connectivity index (χ0v) is 17.1. The molecule has 4 rings (SSSR count). The fourth-order valence-corrected chi connectivity index (χ4v) is 5.04. The summed E-state index contributed by atoms with van der Waals surface area (Å²) in [6, 6.07) is 12.1. The third kappa shape index (κ3) is 4.46. The lowest BCUT2D eigenvalue weighted by molar-refractivity contribution is 0.0761. The largest absolute Gasteiger partial charge is 0.337 e. The number of benzene rings is 1. The SMILES string of the molecule is Cc1cccc(C(=O)N2CCCN(Cc3csc(-c4cccs4)n3)CC2)c1. The molecule has 3 aromatic rings. The first-order chi connectivity index (χ1) is 13.2. The van der Waals surface area contributed by atoms with Crippen molar-refractivity contribution in [2.24, 2.45) is 0 Å². The number of thiazole rings is 1. The molecule has 1 aliphatic heterocycles. The summed E-state index contributed by atoms with van der Waals surface area (Å²) < 4.78 is 0. The van der Waals surface area contributed by atoms with Crippen LogP contribution in [0.5, 0.6) is 0 Å². The maximum Gasteiger partial charge on any atom is 0.253 e. The molecule has 0 radical (unpaired) electrons. The van der Waals surface area contributed by atoms with Gasteiger partial charge in [0.2, 0.25) is 0 Å². The molecule has 0 bridgehead atoms. The van der Waals surface area contributed by atoms with Gasteiger partial charge >= 0.3 is 0 Å². The number of rotatable bonds is 4. The van der Waals surface area contributed by atoms with E-state index in [1.807, 2.05) is 36.1 Å². The van der Waals surface area contributed by atoms with E-state index in [1.165, 1.54) is 4.88 Å². The predicted octanol–water partition coefficient (Wildman–Crippen LogP) is 4.53. The van der Waals surface area contributed by atoms with Crippen LogP contribution in [0.4, 0.5) is 0 Å². The van der Waals surface area contributed by atoms with Gasteiger partial charge in [0.05, 0.1) is 10.6 Å². The molecule has 1 fully saturated rings. The Morgan fingerprint density at radius 1 is 1.11 bits per heavy atom. The highest BCUT2D eigenvalue weighted by atomic mass is 32.1. The minimum Gasteiger partial charge on any atom is -0.337 e. The molecule has 1 aromatic carbocycles. The summed E-state index contributed by atoms with van der Waals surface area (Å²) in [5.41, 5.74) is 3.05. The van der Waals surface area contributed by atoms with Crippen molar-refractivity contribution in [2.45, 2.75) is 19.9 Å². The van der Waals surface area contributed by atoms with Crippen molar-refractivity contribution in [3.63, 3.8) is 0 Å². The molecule has 0 spiro atoms. The van der Waals surface area contributed by atoms with E-state index in [0.717, 1.165) is 61.0 Å². The number of aromatic nitrogens is 1. The topological polar surface area (TPSA) is 36.4 Å². The van der Waals surface area contributed by atoms with Crippen LogP contribution in [0.15, 0.2) is 47.2 Å². The standard InChI is InChI=1S/C21H23N3OS2/c1-16-5-2-6-17(13-16)21(25)24-9-4-8-23(10-11-24)14-18-15-27-20(22-18)19-7-3-12-26-19/h2-3,5-7,12-13,15H,4,8-11,14H2,1H3. The maximum atomic E-state index is 12.8. The van der Waals surface area contributed by atoms with E-state index in [1.54, 1.807) is 22.7 Å². The minimum atomic E-state index is 0.147. The van der Waals surface area contributed by atoms with Crippen molar-refractivity contribution in [1.82, 2.24) is 14.8 Å². The van der Waals surface area contributed by atoms with Crippen molar-refractivity contribution >= 4 is 28.6 Å². The van der Waals surface area contributed by atoms with Crippen LogP contribution in [0.2, 0.25) is 0 Å². The predicted molar refractivity (Wildman–Crippen MR) is 112 cm³/mol. The maximum absolute atomic E-state index is 12.8. The van der Waals surface area contributed by atoms with Crippen molar-refractivity contribution < 1.29 is 4.79 Å². The van der Waals surface area contributed by atoms with Crippen LogP contribution in [-0.4, -0.2) is 46.9 Å². The van der Waals surface area contributed by atoms with Gasteiger partial charge < -0.3 is 4.90 Å². The fourth-order valence-electron chi connectivity index (χ4n) is 3.41. The van der Waals surface area contributed by atoms with Gasteiger partial charge in [-0.25, -0.2) is 4.98 Å². The molecule has 0 N–H and O–H groups in total. The second-order valence-corrected chi connectivity index (χ2v) is 8.72. The molecule has 0 atom stereocenters. The average Bonchev–Trinajstić information content (AvgIpc) is 3.30. The van der Waals surface area contributed by atoms with E-state index >= 15 is 0 Å². The van der Waals surface area contributed by atoms with Crippen molar-refractivity contribution in [2.75, 3.05) is 26.2 Å². The smallest absolute Gasteiger partial charge is 0.253 e. The van der Waals surface area contributed by atoms with Gasteiger partial charge in [0.15, 0.2) is 0 Å².